The molecule has 1 saturated heterocycles. The summed E-state index contributed by atoms with van der Waals surface area (Å²) in [5.74, 6) is 0.852. The predicted molar refractivity (Wildman–Crippen MR) is 105 cm³/mol. The van der Waals surface area contributed by atoms with E-state index in [1.807, 2.05) is 38.2 Å². The molecular weight excluding hydrogens is 344 g/mol. The third-order valence-electron chi connectivity index (χ3n) is 4.84. The van der Waals surface area contributed by atoms with Gasteiger partial charge in [-0.15, -0.1) is 0 Å². The van der Waals surface area contributed by atoms with Crippen LogP contribution in [0.1, 0.15) is 18.4 Å². The molecule has 2 aromatic heterocycles. The Morgan fingerprint density at radius 3 is 2.74 bits per heavy atom. The summed E-state index contributed by atoms with van der Waals surface area (Å²) in [6, 6.07) is 7.56. The van der Waals surface area contributed by atoms with Crippen LogP contribution in [0.3, 0.4) is 0 Å². The van der Waals surface area contributed by atoms with Crippen molar-refractivity contribution in [1.29, 1.82) is 5.41 Å². The molecule has 3 N–H and O–H groups in total. The summed E-state index contributed by atoms with van der Waals surface area (Å²) >= 11 is 0. The van der Waals surface area contributed by atoms with E-state index in [4.69, 9.17) is 20.4 Å². The van der Waals surface area contributed by atoms with Gasteiger partial charge in [0.05, 0.1) is 30.3 Å². The maximum atomic E-state index is 8.73. The van der Waals surface area contributed by atoms with Crippen molar-refractivity contribution in [3.8, 4) is 11.1 Å². The Kier molecular flexibility index (Phi) is 4.41. The van der Waals surface area contributed by atoms with Crippen LogP contribution in [0.4, 0.5) is 11.5 Å². The average molecular weight is 368 g/mol. The molecule has 1 fully saturated rings. The Bertz CT molecular complexity index is 990. The van der Waals surface area contributed by atoms with E-state index in [-0.39, 0.29) is 1.43 Å². The lowest BCUT2D eigenvalue weighted by Gasteiger charge is -2.26. The van der Waals surface area contributed by atoms with Crippen LogP contribution < -0.4 is 10.6 Å². The highest BCUT2D eigenvalue weighted by Gasteiger charge is 2.20. The SMILES string of the molecule is Cc1nocc1-c1ccc(N)c(C(=N)c2cc(N3CCOCC3)nn2C)c1.[HH]. The number of nitrogens with one attached hydrogen (secondary N) is 1. The Hall–Kier alpha value is -3.13. The topological polar surface area (TPSA) is 106 Å². The number of benzene rings is 1. The number of hydrogen-bond donors (Lipinski definition) is 2. The van der Waals surface area contributed by atoms with Crippen molar-refractivity contribution < 1.29 is 10.7 Å². The Morgan fingerprint density at radius 2 is 2.04 bits per heavy atom. The van der Waals surface area contributed by atoms with Crippen molar-refractivity contribution in [2.75, 3.05) is 36.9 Å². The van der Waals surface area contributed by atoms with Gasteiger partial charge in [-0.2, -0.15) is 5.10 Å². The van der Waals surface area contributed by atoms with E-state index in [2.05, 4.69) is 15.2 Å². The lowest BCUT2D eigenvalue weighted by Crippen LogP contribution is -2.36. The Morgan fingerprint density at radius 1 is 1.26 bits per heavy atom. The van der Waals surface area contributed by atoms with E-state index in [0.717, 1.165) is 35.7 Å². The zero-order chi connectivity index (χ0) is 19.0. The molecule has 0 bridgehead atoms. The first-order valence-corrected chi connectivity index (χ1v) is 8.81. The second-order valence-corrected chi connectivity index (χ2v) is 6.60. The molecule has 0 aliphatic carbocycles. The molecule has 0 radical (unpaired) electrons. The molecule has 8 heteroatoms. The van der Waals surface area contributed by atoms with Crippen LogP contribution >= 0.6 is 0 Å². The molecule has 1 aliphatic rings. The second-order valence-electron chi connectivity index (χ2n) is 6.60. The van der Waals surface area contributed by atoms with E-state index in [1.165, 1.54) is 0 Å². The normalized spacial score (nSPS) is 14.5. The van der Waals surface area contributed by atoms with Crippen LogP contribution in [0.5, 0.6) is 0 Å². The summed E-state index contributed by atoms with van der Waals surface area (Å²) in [4.78, 5) is 2.17. The molecule has 0 saturated carbocycles. The van der Waals surface area contributed by atoms with Crippen LogP contribution in [-0.4, -0.2) is 47.0 Å². The molecule has 142 valence electrons. The first kappa shape index (κ1) is 17.3. The van der Waals surface area contributed by atoms with Crippen molar-refractivity contribution in [2.24, 2.45) is 7.05 Å². The fourth-order valence-electron chi connectivity index (χ4n) is 3.28. The van der Waals surface area contributed by atoms with Gasteiger partial charge in [0.2, 0.25) is 0 Å². The first-order valence-electron chi connectivity index (χ1n) is 8.81. The van der Waals surface area contributed by atoms with Gasteiger partial charge in [-0.05, 0) is 24.6 Å². The number of nitrogens with zero attached hydrogens (tertiary/aromatic N) is 4. The summed E-state index contributed by atoms with van der Waals surface area (Å²) in [6.45, 7) is 4.87. The summed E-state index contributed by atoms with van der Waals surface area (Å²) in [5.41, 5.74) is 11.0. The maximum Gasteiger partial charge on any atom is 0.151 e. The van der Waals surface area contributed by atoms with Gasteiger partial charge in [-0.3, -0.25) is 10.1 Å². The molecular formula is C19H24N6O2. The van der Waals surface area contributed by atoms with Gasteiger partial charge in [-0.25, -0.2) is 0 Å². The lowest BCUT2D eigenvalue weighted by molar-refractivity contribution is 0.122. The molecule has 1 aromatic carbocycles. The van der Waals surface area contributed by atoms with Crippen molar-refractivity contribution in [2.45, 2.75) is 6.92 Å². The highest BCUT2D eigenvalue weighted by molar-refractivity contribution is 6.13. The minimum Gasteiger partial charge on any atom is -0.398 e. The lowest BCUT2D eigenvalue weighted by atomic mass is 9.98. The van der Waals surface area contributed by atoms with E-state index in [0.29, 0.717) is 35.9 Å². The van der Waals surface area contributed by atoms with Crippen LogP contribution in [0, 0.1) is 12.3 Å². The number of hydrogen-bond acceptors (Lipinski definition) is 7. The largest absolute Gasteiger partial charge is 0.398 e. The highest BCUT2D eigenvalue weighted by Crippen LogP contribution is 2.28. The first-order chi connectivity index (χ1) is 13.0. The van der Waals surface area contributed by atoms with Crippen molar-refractivity contribution in [3.63, 3.8) is 0 Å². The van der Waals surface area contributed by atoms with Crippen molar-refractivity contribution >= 4 is 17.2 Å². The standard InChI is InChI=1S/C19H22N6O2.H2/c1-12-15(11-27-23-12)13-3-4-16(20)14(9-13)19(21)17-10-18(22-24(17)2)25-5-7-26-8-6-25;/h3-4,9-11,21H,5-8,20H2,1-2H3;1H. The zero-order valence-corrected chi connectivity index (χ0v) is 15.4. The minimum atomic E-state index is 0. The van der Waals surface area contributed by atoms with E-state index < -0.39 is 0 Å². The van der Waals surface area contributed by atoms with Gasteiger partial charge in [0.25, 0.3) is 0 Å². The number of anilines is 2. The molecule has 3 aromatic rings. The third kappa shape index (κ3) is 3.19. The van der Waals surface area contributed by atoms with E-state index in [1.54, 1.807) is 10.9 Å². The van der Waals surface area contributed by atoms with Crippen molar-refractivity contribution in [3.05, 3.63) is 47.5 Å². The van der Waals surface area contributed by atoms with Gasteiger partial charge in [0, 0.05) is 44.4 Å². The number of rotatable bonds is 4. The quantitative estimate of drug-likeness (QED) is 0.541. The average Bonchev–Trinajstić information content (AvgIpc) is 3.28. The predicted octanol–water partition coefficient (Wildman–Crippen LogP) is 2.46. The van der Waals surface area contributed by atoms with Gasteiger partial charge in [-0.1, -0.05) is 11.2 Å². The van der Waals surface area contributed by atoms with Crippen LogP contribution in [0.15, 0.2) is 35.1 Å². The zero-order valence-electron chi connectivity index (χ0n) is 15.4. The minimum absolute atomic E-state index is 0. The highest BCUT2D eigenvalue weighted by atomic mass is 16.5. The summed E-state index contributed by atoms with van der Waals surface area (Å²) in [7, 11) is 1.85. The summed E-state index contributed by atoms with van der Waals surface area (Å²) in [6.07, 6.45) is 1.61. The smallest absolute Gasteiger partial charge is 0.151 e. The molecule has 3 heterocycles. The molecule has 0 spiro atoms. The van der Waals surface area contributed by atoms with Gasteiger partial charge < -0.3 is 19.9 Å². The van der Waals surface area contributed by atoms with Crippen LogP contribution in [-0.2, 0) is 11.8 Å². The fourth-order valence-corrected chi connectivity index (χ4v) is 3.28. The van der Waals surface area contributed by atoms with E-state index in [9.17, 15) is 0 Å². The Balaban J connectivity index is 0.00000225. The number of nitrogens with two attached hydrogens (primary N) is 1. The molecule has 4 rings (SSSR count). The van der Waals surface area contributed by atoms with Gasteiger partial charge in [0.1, 0.15) is 6.26 Å². The number of aryl methyl sites for hydroxylation is 2. The van der Waals surface area contributed by atoms with E-state index >= 15 is 0 Å². The second kappa shape index (κ2) is 6.88. The molecule has 0 unspecified atom stereocenters. The molecule has 27 heavy (non-hydrogen) atoms. The number of ether oxygens (including phenoxy) is 1. The summed E-state index contributed by atoms with van der Waals surface area (Å²) in [5, 5.41) is 17.2. The fraction of sp³-hybridized carbons (Fsp3) is 0.316. The molecule has 8 nitrogen and oxygen atoms in total. The third-order valence-corrected chi connectivity index (χ3v) is 4.84. The maximum absolute atomic E-state index is 8.73. The van der Waals surface area contributed by atoms with Crippen molar-refractivity contribution in [1.82, 2.24) is 14.9 Å². The molecule has 0 amide bonds. The number of aromatic nitrogens is 3. The van der Waals surface area contributed by atoms with Gasteiger partial charge in [0.15, 0.2) is 5.82 Å². The molecule has 0 atom stereocenters. The summed E-state index contributed by atoms with van der Waals surface area (Å²) < 4.78 is 12.2. The molecule has 1 aliphatic heterocycles. The number of nitrogen functional groups attached to an aromatic ring is 1. The Labute approximate surface area is 158 Å². The van der Waals surface area contributed by atoms with Crippen LogP contribution in [0.25, 0.3) is 11.1 Å². The number of morpholine rings is 1. The monoisotopic (exact) mass is 368 g/mol. The van der Waals surface area contributed by atoms with Crippen LogP contribution in [0.2, 0.25) is 0 Å². The van der Waals surface area contributed by atoms with Gasteiger partial charge >= 0.3 is 0 Å².